The third kappa shape index (κ3) is 3.97. The third-order valence-corrected chi connectivity index (χ3v) is 4.71. The molecule has 146 valence electrons. The average molecular weight is 399 g/mol. The first-order valence-electron chi connectivity index (χ1n) is 9.40. The number of ether oxygens (including phenoxy) is 1. The molecule has 0 unspecified atom stereocenters. The Morgan fingerprint density at radius 2 is 2.00 bits per heavy atom. The van der Waals surface area contributed by atoms with Gasteiger partial charge in [-0.25, -0.2) is 14.3 Å². The number of anilines is 1. The van der Waals surface area contributed by atoms with Crippen molar-refractivity contribution in [1.29, 1.82) is 0 Å². The summed E-state index contributed by atoms with van der Waals surface area (Å²) in [4.78, 5) is 19.2. The predicted octanol–water partition coefficient (Wildman–Crippen LogP) is 5.20. The van der Waals surface area contributed by atoms with Gasteiger partial charge < -0.3 is 4.74 Å². The van der Waals surface area contributed by atoms with E-state index >= 15 is 0 Å². The van der Waals surface area contributed by atoms with Crippen molar-refractivity contribution >= 4 is 29.0 Å². The van der Waals surface area contributed by atoms with E-state index in [0.29, 0.717) is 29.0 Å². The van der Waals surface area contributed by atoms with Gasteiger partial charge in [0, 0.05) is 12.0 Å². The van der Waals surface area contributed by atoms with Crippen LogP contribution in [0.4, 0.5) is 10.5 Å². The number of nitrogens with zero attached hydrogens (tertiary/aromatic N) is 4. The van der Waals surface area contributed by atoms with Gasteiger partial charge in [-0.15, -0.1) is 0 Å². The normalized spacial score (nSPS) is 14.3. The minimum Gasteiger partial charge on any atom is -0.443 e. The van der Waals surface area contributed by atoms with E-state index in [-0.39, 0.29) is 0 Å². The number of hydrogen-bond donors (Lipinski definition) is 0. The quantitative estimate of drug-likeness (QED) is 0.605. The highest BCUT2D eigenvalue weighted by Crippen LogP contribution is 2.41. The van der Waals surface area contributed by atoms with Crippen LogP contribution in [0.3, 0.4) is 0 Å². The van der Waals surface area contributed by atoms with E-state index in [4.69, 9.17) is 16.3 Å². The van der Waals surface area contributed by atoms with Crippen LogP contribution < -0.4 is 4.90 Å². The van der Waals surface area contributed by atoms with Crippen molar-refractivity contribution in [2.24, 2.45) is 0 Å². The second-order valence-corrected chi connectivity index (χ2v) is 8.48. The fourth-order valence-electron chi connectivity index (χ4n) is 3.13. The molecule has 6 nitrogen and oxygen atoms in total. The standard InChI is InChI=1S/C21H23ClN4O2/c1-21(2,3)28-20(27)25(13-14-7-5-4-6-8-14)16-11-18(22)24-26-17(15-9-10-15)12-23-19(16)26/h4-8,11-12,15H,9-10,13H2,1-3H3. The first kappa shape index (κ1) is 18.7. The van der Waals surface area contributed by atoms with Gasteiger partial charge in [0.15, 0.2) is 10.8 Å². The molecule has 3 aromatic rings. The maximum atomic E-state index is 13.1. The zero-order valence-corrected chi connectivity index (χ0v) is 17.0. The summed E-state index contributed by atoms with van der Waals surface area (Å²) >= 11 is 6.32. The van der Waals surface area contributed by atoms with Crippen LogP contribution in [0.2, 0.25) is 5.15 Å². The zero-order chi connectivity index (χ0) is 19.9. The molecule has 1 fully saturated rings. The number of carbonyl (C=O) groups excluding carboxylic acids is 1. The minimum atomic E-state index is -0.617. The van der Waals surface area contributed by atoms with E-state index in [9.17, 15) is 4.79 Å². The zero-order valence-electron chi connectivity index (χ0n) is 16.2. The van der Waals surface area contributed by atoms with Crippen LogP contribution in [0.15, 0.2) is 42.6 Å². The molecule has 2 heterocycles. The number of carbonyl (C=O) groups is 1. The van der Waals surface area contributed by atoms with Crippen molar-refractivity contribution in [1.82, 2.24) is 14.6 Å². The van der Waals surface area contributed by atoms with Gasteiger partial charge in [-0.05, 0) is 39.2 Å². The summed E-state index contributed by atoms with van der Waals surface area (Å²) in [6.45, 7) is 5.89. The van der Waals surface area contributed by atoms with Gasteiger partial charge in [0.2, 0.25) is 0 Å². The molecule has 1 aliphatic rings. The van der Waals surface area contributed by atoms with Gasteiger partial charge in [0.1, 0.15) is 5.60 Å². The van der Waals surface area contributed by atoms with Gasteiger partial charge >= 0.3 is 6.09 Å². The maximum Gasteiger partial charge on any atom is 0.415 e. The number of hydrogen-bond acceptors (Lipinski definition) is 4. The summed E-state index contributed by atoms with van der Waals surface area (Å²) in [6, 6.07) is 11.4. The summed E-state index contributed by atoms with van der Waals surface area (Å²) in [7, 11) is 0. The molecular weight excluding hydrogens is 376 g/mol. The lowest BCUT2D eigenvalue weighted by atomic mass is 10.2. The van der Waals surface area contributed by atoms with Gasteiger partial charge in [-0.2, -0.15) is 5.10 Å². The Bertz CT molecular complexity index is 1010. The molecule has 1 aromatic carbocycles. The largest absolute Gasteiger partial charge is 0.443 e. The maximum absolute atomic E-state index is 13.1. The molecule has 0 N–H and O–H groups in total. The Morgan fingerprint density at radius 1 is 1.29 bits per heavy atom. The summed E-state index contributed by atoms with van der Waals surface area (Å²) in [6.07, 6.45) is 3.63. The molecule has 1 amide bonds. The molecule has 2 aromatic heterocycles. The number of halogens is 1. The highest BCUT2D eigenvalue weighted by molar-refractivity contribution is 6.29. The van der Waals surface area contributed by atoms with Crippen molar-refractivity contribution in [2.75, 3.05) is 4.90 Å². The van der Waals surface area contributed by atoms with E-state index in [1.165, 1.54) is 0 Å². The molecule has 0 spiro atoms. The van der Waals surface area contributed by atoms with Crippen LogP contribution in [0.25, 0.3) is 5.65 Å². The van der Waals surface area contributed by atoms with Crippen LogP contribution in [0.1, 0.15) is 50.8 Å². The second kappa shape index (κ2) is 7.09. The molecular formula is C21H23ClN4O2. The van der Waals surface area contributed by atoms with Crippen LogP contribution >= 0.6 is 11.6 Å². The molecule has 0 aliphatic heterocycles. The number of fused-ring (bicyclic) bond motifs is 1. The lowest BCUT2D eigenvalue weighted by Gasteiger charge is -2.27. The van der Waals surface area contributed by atoms with Crippen LogP contribution in [-0.2, 0) is 11.3 Å². The lowest BCUT2D eigenvalue weighted by molar-refractivity contribution is 0.0577. The fourth-order valence-corrected chi connectivity index (χ4v) is 3.31. The van der Waals surface area contributed by atoms with E-state index < -0.39 is 11.7 Å². The molecule has 1 aliphatic carbocycles. The molecule has 1 saturated carbocycles. The lowest BCUT2D eigenvalue weighted by Crippen LogP contribution is -2.37. The first-order valence-corrected chi connectivity index (χ1v) is 9.78. The summed E-state index contributed by atoms with van der Waals surface area (Å²) < 4.78 is 7.43. The minimum absolute atomic E-state index is 0.309. The first-order chi connectivity index (χ1) is 13.3. The monoisotopic (exact) mass is 398 g/mol. The fraction of sp³-hybridized carbons (Fsp3) is 0.381. The molecule has 4 rings (SSSR count). The Morgan fingerprint density at radius 3 is 2.64 bits per heavy atom. The van der Waals surface area contributed by atoms with Gasteiger partial charge in [-0.1, -0.05) is 41.9 Å². The van der Waals surface area contributed by atoms with E-state index in [1.807, 2.05) is 57.3 Å². The summed E-state index contributed by atoms with van der Waals surface area (Å²) in [5.74, 6) is 0.456. The number of rotatable bonds is 4. The average Bonchev–Trinajstić information content (AvgIpc) is 3.38. The van der Waals surface area contributed by atoms with Crippen LogP contribution in [-0.4, -0.2) is 26.3 Å². The van der Waals surface area contributed by atoms with E-state index in [2.05, 4.69) is 10.1 Å². The molecule has 0 atom stereocenters. The van der Waals surface area contributed by atoms with Crippen molar-refractivity contribution < 1.29 is 9.53 Å². The Kier molecular flexibility index (Phi) is 4.75. The number of amides is 1. The molecule has 0 bridgehead atoms. The molecule has 0 radical (unpaired) electrons. The number of aromatic nitrogens is 3. The van der Waals surface area contributed by atoms with E-state index in [1.54, 1.807) is 15.5 Å². The molecule has 7 heteroatoms. The number of imidazole rings is 1. The summed E-state index contributed by atoms with van der Waals surface area (Å²) in [5.41, 5.74) is 2.59. The Hall–Kier alpha value is -2.60. The van der Waals surface area contributed by atoms with Crippen LogP contribution in [0.5, 0.6) is 0 Å². The topological polar surface area (TPSA) is 59.7 Å². The van der Waals surface area contributed by atoms with Crippen LogP contribution in [0, 0.1) is 0 Å². The molecule has 28 heavy (non-hydrogen) atoms. The molecule has 0 saturated heterocycles. The highest BCUT2D eigenvalue weighted by atomic mass is 35.5. The second-order valence-electron chi connectivity index (χ2n) is 8.10. The SMILES string of the molecule is CC(C)(C)OC(=O)N(Cc1ccccc1)c1cc(Cl)nn2c(C3CC3)cnc12. The van der Waals surface area contributed by atoms with Crippen molar-refractivity contribution in [3.05, 3.63) is 59.0 Å². The van der Waals surface area contributed by atoms with Crippen molar-refractivity contribution in [3.63, 3.8) is 0 Å². The third-order valence-electron chi connectivity index (χ3n) is 4.53. The Balaban J connectivity index is 1.80. The Labute approximate surface area is 169 Å². The van der Waals surface area contributed by atoms with E-state index in [0.717, 1.165) is 24.1 Å². The smallest absolute Gasteiger partial charge is 0.415 e. The highest BCUT2D eigenvalue weighted by Gasteiger charge is 2.31. The van der Waals surface area contributed by atoms with Crippen molar-refractivity contribution in [2.45, 2.75) is 51.7 Å². The summed E-state index contributed by atoms with van der Waals surface area (Å²) in [5, 5.41) is 4.73. The van der Waals surface area contributed by atoms with Gasteiger partial charge in [0.05, 0.1) is 24.1 Å². The van der Waals surface area contributed by atoms with Crippen molar-refractivity contribution in [3.8, 4) is 0 Å². The van der Waals surface area contributed by atoms with Gasteiger partial charge in [-0.3, -0.25) is 4.90 Å². The number of benzene rings is 1. The predicted molar refractivity (Wildman–Crippen MR) is 109 cm³/mol. The van der Waals surface area contributed by atoms with Gasteiger partial charge in [0.25, 0.3) is 0 Å².